The number of aromatic nitrogens is 1. The predicted molar refractivity (Wildman–Crippen MR) is 151 cm³/mol. The minimum absolute atomic E-state index is 0.131. The minimum Gasteiger partial charge on any atom is -0.497 e. The van der Waals surface area contributed by atoms with Gasteiger partial charge in [-0.25, -0.2) is 18.6 Å². The summed E-state index contributed by atoms with van der Waals surface area (Å²) in [5.41, 5.74) is -0.264. The average molecular weight is 619 g/mol. The zero-order chi connectivity index (χ0) is 32.0. The molecule has 1 fully saturated rings. The molecule has 2 unspecified atom stereocenters. The molecule has 3 aromatic rings. The molecule has 1 aromatic heterocycles. The van der Waals surface area contributed by atoms with E-state index in [1.165, 1.54) is 7.11 Å². The van der Waals surface area contributed by atoms with Crippen LogP contribution in [0.3, 0.4) is 0 Å². The van der Waals surface area contributed by atoms with Crippen LogP contribution >= 0.6 is 0 Å². The molecule has 0 radical (unpaired) electrons. The second-order valence-electron chi connectivity index (χ2n) is 11.4. The van der Waals surface area contributed by atoms with Crippen molar-refractivity contribution in [3.05, 3.63) is 82.5 Å². The van der Waals surface area contributed by atoms with Crippen molar-refractivity contribution in [1.82, 2.24) is 15.6 Å². The maximum atomic E-state index is 15.3. The number of hydrogen-bond donors (Lipinski definition) is 2. The van der Waals surface area contributed by atoms with Crippen LogP contribution in [-0.4, -0.2) is 49.8 Å². The fraction of sp³-hybridized carbons (Fsp3) is 0.387. The molecule has 234 valence electrons. The number of nitrogens with one attached hydrogen (secondary N) is 2. The Bertz CT molecular complexity index is 1570. The van der Waals surface area contributed by atoms with Crippen molar-refractivity contribution in [2.75, 3.05) is 25.7 Å². The van der Waals surface area contributed by atoms with Crippen molar-refractivity contribution in [3.63, 3.8) is 0 Å². The van der Waals surface area contributed by atoms with Gasteiger partial charge in [0, 0.05) is 47.8 Å². The Morgan fingerprint density at radius 1 is 1.02 bits per heavy atom. The van der Waals surface area contributed by atoms with Gasteiger partial charge >= 0.3 is 12.2 Å². The molecule has 3 amide bonds. The number of anilines is 1. The number of nitrogens with zero attached hydrogens (tertiary/aromatic N) is 2. The van der Waals surface area contributed by atoms with Gasteiger partial charge in [0.25, 0.3) is 5.91 Å². The SMILES string of the molecule is COc1cc(F)c([C@@H]2CN(c3ncccc3C(F)(F)F)C(=O)C2NC(=O)NC2CCc3cc(OC)ccc3C2(C)C)c(F)c1. The van der Waals surface area contributed by atoms with Crippen molar-refractivity contribution in [3.8, 4) is 11.5 Å². The number of carbonyl (C=O) groups is 2. The number of alkyl halides is 3. The van der Waals surface area contributed by atoms with Crippen LogP contribution < -0.4 is 25.0 Å². The molecule has 2 heterocycles. The lowest BCUT2D eigenvalue weighted by Crippen LogP contribution is -2.56. The third-order valence-electron chi connectivity index (χ3n) is 8.49. The van der Waals surface area contributed by atoms with Crippen LogP contribution in [0.2, 0.25) is 0 Å². The normalized spacial score (nSPS) is 21.1. The van der Waals surface area contributed by atoms with Gasteiger partial charge in [-0.2, -0.15) is 13.2 Å². The molecule has 8 nitrogen and oxygen atoms in total. The van der Waals surface area contributed by atoms with Crippen LogP contribution in [0.15, 0.2) is 48.7 Å². The van der Waals surface area contributed by atoms with Crippen LogP contribution in [0.1, 0.15) is 48.4 Å². The Morgan fingerprint density at radius 2 is 1.70 bits per heavy atom. The van der Waals surface area contributed by atoms with E-state index in [0.717, 1.165) is 41.6 Å². The maximum Gasteiger partial charge on any atom is 0.419 e. The van der Waals surface area contributed by atoms with Gasteiger partial charge in [0.05, 0.1) is 19.8 Å². The summed E-state index contributed by atoms with van der Waals surface area (Å²) in [6.07, 6.45) is -2.62. The molecular weight excluding hydrogens is 587 g/mol. The topological polar surface area (TPSA) is 92.8 Å². The Morgan fingerprint density at radius 3 is 2.34 bits per heavy atom. The third kappa shape index (κ3) is 5.62. The number of amides is 3. The zero-order valence-electron chi connectivity index (χ0n) is 24.4. The first-order chi connectivity index (χ1) is 20.8. The second kappa shape index (κ2) is 11.6. The highest BCUT2D eigenvalue weighted by atomic mass is 19.4. The zero-order valence-corrected chi connectivity index (χ0v) is 24.4. The Labute approximate surface area is 250 Å². The number of pyridine rings is 1. The van der Waals surface area contributed by atoms with E-state index >= 15 is 8.78 Å². The number of methoxy groups -OCH3 is 2. The van der Waals surface area contributed by atoms with Gasteiger partial charge in [-0.05, 0) is 48.2 Å². The first-order valence-electron chi connectivity index (χ1n) is 13.9. The van der Waals surface area contributed by atoms with E-state index in [0.29, 0.717) is 23.5 Å². The number of carbonyl (C=O) groups excluding carboxylic acids is 2. The van der Waals surface area contributed by atoms with Crippen molar-refractivity contribution in [2.24, 2.45) is 0 Å². The molecule has 13 heteroatoms. The molecule has 44 heavy (non-hydrogen) atoms. The van der Waals surface area contributed by atoms with Crippen molar-refractivity contribution >= 4 is 17.8 Å². The van der Waals surface area contributed by atoms with Gasteiger partial charge in [0.15, 0.2) is 0 Å². The van der Waals surface area contributed by atoms with Crippen LogP contribution in [0.5, 0.6) is 11.5 Å². The monoisotopic (exact) mass is 618 g/mol. The van der Waals surface area contributed by atoms with Crippen LogP contribution in [0.25, 0.3) is 0 Å². The highest BCUT2D eigenvalue weighted by molar-refractivity contribution is 6.02. The van der Waals surface area contributed by atoms with E-state index in [1.807, 2.05) is 32.0 Å². The highest BCUT2D eigenvalue weighted by Crippen LogP contribution is 2.41. The first-order valence-corrected chi connectivity index (χ1v) is 13.9. The van der Waals surface area contributed by atoms with Gasteiger partial charge in [0.2, 0.25) is 0 Å². The van der Waals surface area contributed by atoms with Gasteiger partial charge in [-0.1, -0.05) is 19.9 Å². The van der Waals surface area contributed by atoms with E-state index in [1.54, 1.807) is 7.11 Å². The van der Waals surface area contributed by atoms with Crippen LogP contribution in [0.4, 0.5) is 32.6 Å². The van der Waals surface area contributed by atoms with E-state index in [-0.39, 0.29) is 5.75 Å². The maximum absolute atomic E-state index is 15.3. The van der Waals surface area contributed by atoms with Crippen molar-refractivity contribution in [1.29, 1.82) is 0 Å². The van der Waals surface area contributed by atoms with E-state index < -0.39 is 76.7 Å². The number of ether oxygens (including phenoxy) is 2. The predicted octanol–water partition coefficient (Wildman–Crippen LogP) is 5.49. The molecule has 2 aliphatic rings. The lowest BCUT2D eigenvalue weighted by Gasteiger charge is -2.41. The summed E-state index contributed by atoms with van der Waals surface area (Å²) >= 11 is 0. The molecule has 5 rings (SSSR count). The summed E-state index contributed by atoms with van der Waals surface area (Å²) in [6.45, 7) is 3.33. The first kappa shape index (κ1) is 31.0. The van der Waals surface area contributed by atoms with Gasteiger partial charge in [-0.3, -0.25) is 9.69 Å². The van der Waals surface area contributed by atoms with Crippen molar-refractivity contribution in [2.45, 2.75) is 56.3 Å². The van der Waals surface area contributed by atoms with E-state index in [2.05, 4.69) is 15.6 Å². The number of aryl methyl sites for hydroxylation is 1. The van der Waals surface area contributed by atoms with Crippen LogP contribution in [0, 0.1) is 11.6 Å². The molecule has 0 spiro atoms. The molecule has 3 atom stereocenters. The molecule has 1 aliphatic carbocycles. The highest BCUT2D eigenvalue weighted by Gasteiger charge is 2.48. The van der Waals surface area contributed by atoms with Gasteiger partial charge < -0.3 is 20.1 Å². The van der Waals surface area contributed by atoms with Gasteiger partial charge in [0.1, 0.15) is 35.0 Å². The van der Waals surface area contributed by atoms with E-state index in [4.69, 9.17) is 9.47 Å². The number of fused-ring (bicyclic) bond motifs is 1. The summed E-state index contributed by atoms with van der Waals surface area (Å²) in [5, 5.41) is 5.39. The molecule has 2 N–H and O–H groups in total. The average Bonchev–Trinajstić information content (AvgIpc) is 3.28. The Kier molecular flexibility index (Phi) is 8.17. The largest absolute Gasteiger partial charge is 0.497 e. The molecule has 0 bridgehead atoms. The minimum atomic E-state index is -4.87. The lowest BCUT2D eigenvalue weighted by molar-refractivity contribution is -0.137. The third-order valence-corrected chi connectivity index (χ3v) is 8.49. The molecule has 1 saturated heterocycles. The number of rotatable bonds is 6. The number of halogens is 5. The van der Waals surface area contributed by atoms with E-state index in [9.17, 15) is 22.8 Å². The number of hydrogen-bond acceptors (Lipinski definition) is 5. The fourth-order valence-electron chi connectivity index (χ4n) is 6.18. The molecule has 0 saturated carbocycles. The number of urea groups is 1. The summed E-state index contributed by atoms with van der Waals surface area (Å²) in [4.78, 5) is 31.6. The second-order valence-corrected chi connectivity index (χ2v) is 11.4. The number of benzene rings is 2. The van der Waals surface area contributed by atoms with Crippen molar-refractivity contribution < 1.29 is 41.0 Å². The van der Waals surface area contributed by atoms with Crippen LogP contribution in [-0.2, 0) is 22.8 Å². The molecule has 1 aliphatic heterocycles. The Hall–Kier alpha value is -4.42. The lowest BCUT2D eigenvalue weighted by atomic mass is 9.69. The fourth-order valence-corrected chi connectivity index (χ4v) is 6.18. The Balaban J connectivity index is 1.46. The standard InChI is InChI=1S/C31H31F5N4O4/c1-30(2)20-9-8-17(43-3)12-16(20)7-10-24(30)38-29(42)39-26-19(25-22(32)13-18(44-4)14-23(25)33)15-40(28(26)41)27-21(31(34,35)36)6-5-11-37-27/h5-6,8-9,11-14,19,24,26H,7,10,15H2,1-4H3,(H2,38,39,42)/t19-,24?,26?/m0/s1. The quantitative estimate of drug-likeness (QED) is 0.357. The summed E-state index contributed by atoms with van der Waals surface area (Å²) in [7, 11) is 2.79. The molecule has 2 aromatic carbocycles. The van der Waals surface area contributed by atoms with Gasteiger partial charge in [-0.15, -0.1) is 0 Å². The molecular formula is C31H31F5N4O4. The summed E-state index contributed by atoms with van der Waals surface area (Å²) in [5.74, 6) is -4.70. The smallest absolute Gasteiger partial charge is 0.419 e. The summed E-state index contributed by atoms with van der Waals surface area (Å²) < 4.78 is 82.3. The summed E-state index contributed by atoms with van der Waals surface area (Å²) in [6, 6.07) is 6.49.